The monoisotopic (exact) mass is 150 g/mol. The summed E-state index contributed by atoms with van der Waals surface area (Å²) in [5.41, 5.74) is 3.66. The molecule has 11 heavy (non-hydrogen) atoms. The van der Waals surface area contributed by atoms with Crippen LogP contribution in [0.1, 0.15) is 34.1 Å². The first-order chi connectivity index (χ1) is 5.16. The van der Waals surface area contributed by atoms with E-state index in [0.717, 1.165) is 11.8 Å². The zero-order valence-electron chi connectivity index (χ0n) is 8.02. The van der Waals surface area contributed by atoms with Crippen LogP contribution in [0.15, 0.2) is 17.9 Å². The zero-order valence-corrected chi connectivity index (χ0v) is 8.02. The highest BCUT2D eigenvalue weighted by molar-refractivity contribution is 5.15. The van der Waals surface area contributed by atoms with E-state index < -0.39 is 0 Å². The molecule has 0 aliphatic heterocycles. The Balaban J connectivity index is 2.66. The van der Waals surface area contributed by atoms with Crippen LogP contribution in [0, 0.1) is 17.3 Å². The van der Waals surface area contributed by atoms with E-state index in [2.05, 4.69) is 32.6 Å². The minimum atomic E-state index is 0.460. The van der Waals surface area contributed by atoms with Crippen molar-refractivity contribution < 1.29 is 0 Å². The van der Waals surface area contributed by atoms with Gasteiger partial charge in [-0.2, -0.15) is 0 Å². The summed E-state index contributed by atoms with van der Waals surface area (Å²) >= 11 is 0. The minimum Gasteiger partial charge on any atom is -0.129 e. The Hall–Kier alpha value is -0.480. The molecule has 1 fully saturated rings. The van der Waals surface area contributed by atoms with Crippen LogP contribution in [-0.4, -0.2) is 0 Å². The van der Waals surface area contributed by atoms with Crippen molar-refractivity contribution >= 4 is 0 Å². The van der Waals surface area contributed by atoms with Crippen molar-refractivity contribution in [2.75, 3.05) is 0 Å². The van der Waals surface area contributed by atoms with Crippen molar-refractivity contribution in [1.82, 2.24) is 0 Å². The summed E-state index contributed by atoms with van der Waals surface area (Å²) in [6.07, 6.45) is 5.54. The second-order valence-electron chi connectivity index (χ2n) is 3.77. The van der Waals surface area contributed by atoms with E-state index in [9.17, 15) is 0 Å². The van der Waals surface area contributed by atoms with Crippen molar-refractivity contribution in [3.8, 4) is 0 Å². The molecule has 3 unspecified atom stereocenters. The van der Waals surface area contributed by atoms with E-state index >= 15 is 0 Å². The highest BCUT2D eigenvalue weighted by Gasteiger charge is 2.54. The molecule has 0 heteroatoms. The van der Waals surface area contributed by atoms with Gasteiger partial charge in [0.1, 0.15) is 0 Å². The topological polar surface area (TPSA) is 0 Å². The molecule has 0 N–H and O–H groups in total. The molecule has 0 bridgehead atoms. The van der Waals surface area contributed by atoms with Gasteiger partial charge in [0.2, 0.25) is 0 Å². The molecule has 0 saturated heterocycles. The van der Waals surface area contributed by atoms with Gasteiger partial charge in [-0.1, -0.05) is 27.2 Å². The third-order valence-corrected chi connectivity index (χ3v) is 3.28. The van der Waals surface area contributed by atoms with Crippen LogP contribution < -0.4 is 0 Å². The lowest BCUT2D eigenvalue weighted by Crippen LogP contribution is -1.91. The first-order valence-corrected chi connectivity index (χ1v) is 4.55. The van der Waals surface area contributed by atoms with E-state index in [0.29, 0.717) is 5.41 Å². The highest BCUT2D eigenvalue weighted by atomic mass is 14.6. The molecular weight excluding hydrogens is 132 g/mol. The average molecular weight is 150 g/mol. The van der Waals surface area contributed by atoms with Gasteiger partial charge >= 0.3 is 0 Å². The van der Waals surface area contributed by atoms with E-state index in [-0.39, 0.29) is 0 Å². The molecule has 0 aromatic heterocycles. The van der Waals surface area contributed by atoms with Gasteiger partial charge in [-0.05, 0) is 36.3 Å². The molecule has 0 heterocycles. The van der Waals surface area contributed by atoms with Crippen LogP contribution in [0.3, 0.4) is 0 Å². The van der Waals surface area contributed by atoms with Gasteiger partial charge in [-0.25, -0.2) is 0 Å². The molecule has 1 aliphatic carbocycles. The van der Waals surface area contributed by atoms with Gasteiger partial charge < -0.3 is 0 Å². The van der Waals surface area contributed by atoms with Crippen molar-refractivity contribution in [1.29, 1.82) is 0 Å². The smallest absolute Gasteiger partial charge is 0.00113 e. The predicted octanol–water partition coefficient (Wildman–Crippen LogP) is 3.40. The fourth-order valence-electron chi connectivity index (χ4n) is 2.16. The van der Waals surface area contributed by atoms with Crippen LogP contribution in [0.2, 0.25) is 0 Å². The molecule has 0 aromatic rings. The van der Waals surface area contributed by atoms with Crippen molar-refractivity contribution in [2.45, 2.75) is 34.1 Å². The SMILES string of the molecule is CC=C=CC1(C)C(C)C1CC. The molecule has 0 aromatic carbocycles. The lowest BCUT2D eigenvalue weighted by molar-refractivity contribution is 0.607. The molecule has 0 amide bonds. The minimum absolute atomic E-state index is 0.460. The second kappa shape index (κ2) is 2.87. The fraction of sp³-hybridized carbons (Fsp3) is 0.727. The van der Waals surface area contributed by atoms with Crippen LogP contribution in [0.5, 0.6) is 0 Å². The summed E-state index contributed by atoms with van der Waals surface area (Å²) in [6, 6.07) is 0. The van der Waals surface area contributed by atoms with Gasteiger partial charge in [0.05, 0.1) is 0 Å². The normalized spacial score (nSPS) is 41.1. The first-order valence-electron chi connectivity index (χ1n) is 4.55. The maximum Gasteiger partial charge on any atom is -0.00113 e. The third kappa shape index (κ3) is 1.28. The Labute approximate surface area is 70.0 Å². The van der Waals surface area contributed by atoms with E-state index in [1.54, 1.807) is 0 Å². The van der Waals surface area contributed by atoms with E-state index in [1.807, 2.05) is 13.0 Å². The van der Waals surface area contributed by atoms with Crippen molar-refractivity contribution in [2.24, 2.45) is 17.3 Å². The molecule has 0 radical (unpaired) electrons. The van der Waals surface area contributed by atoms with Crippen molar-refractivity contribution in [3.05, 3.63) is 17.9 Å². The maximum absolute atomic E-state index is 3.20. The molecule has 1 aliphatic rings. The lowest BCUT2D eigenvalue weighted by atomic mass is 10.0. The van der Waals surface area contributed by atoms with E-state index in [4.69, 9.17) is 0 Å². The standard InChI is InChI=1S/C11H18/c1-5-7-8-11(4)9(3)10(11)6-2/h5,8-10H,6H2,1-4H3. The molecule has 1 saturated carbocycles. The predicted molar refractivity (Wildman–Crippen MR) is 49.4 cm³/mol. The molecular formula is C11H18. The Kier molecular flexibility index (Phi) is 2.25. The second-order valence-corrected chi connectivity index (χ2v) is 3.77. The fourth-order valence-corrected chi connectivity index (χ4v) is 2.16. The summed E-state index contributed by atoms with van der Waals surface area (Å²) in [5, 5.41) is 0. The largest absolute Gasteiger partial charge is 0.129 e. The van der Waals surface area contributed by atoms with Gasteiger partial charge in [0.15, 0.2) is 0 Å². The Bertz CT molecular complexity index is 196. The summed E-state index contributed by atoms with van der Waals surface area (Å²) in [7, 11) is 0. The summed E-state index contributed by atoms with van der Waals surface area (Å²) < 4.78 is 0. The van der Waals surface area contributed by atoms with Crippen LogP contribution in [0.4, 0.5) is 0 Å². The summed E-state index contributed by atoms with van der Waals surface area (Å²) in [6.45, 7) is 8.97. The molecule has 62 valence electrons. The number of rotatable bonds is 2. The number of allylic oxidation sites excluding steroid dienone is 1. The Morgan fingerprint density at radius 3 is 2.55 bits per heavy atom. The average Bonchev–Trinajstić information content (AvgIpc) is 2.51. The lowest BCUT2D eigenvalue weighted by Gasteiger charge is -1.99. The van der Waals surface area contributed by atoms with Crippen LogP contribution in [0.25, 0.3) is 0 Å². The van der Waals surface area contributed by atoms with Crippen molar-refractivity contribution in [3.63, 3.8) is 0 Å². The highest BCUT2D eigenvalue weighted by Crippen LogP contribution is 2.60. The van der Waals surface area contributed by atoms with Crippen LogP contribution in [-0.2, 0) is 0 Å². The van der Waals surface area contributed by atoms with E-state index in [1.165, 1.54) is 6.42 Å². The quantitative estimate of drug-likeness (QED) is 0.529. The summed E-state index contributed by atoms with van der Waals surface area (Å²) in [4.78, 5) is 0. The van der Waals surface area contributed by atoms with Gasteiger partial charge in [-0.3, -0.25) is 0 Å². The zero-order chi connectivity index (χ0) is 8.48. The number of hydrogen-bond acceptors (Lipinski definition) is 0. The number of hydrogen-bond donors (Lipinski definition) is 0. The molecule has 1 rings (SSSR count). The Morgan fingerprint density at radius 1 is 1.55 bits per heavy atom. The molecule has 0 nitrogen and oxygen atoms in total. The molecule has 3 atom stereocenters. The first kappa shape index (κ1) is 8.62. The van der Waals surface area contributed by atoms with Gasteiger partial charge in [0, 0.05) is 0 Å². The van der Waals surface area contributed by atoms with Crippen LogP contribution >= 0.6 is 0 Å². The summed E-state index contributed by atoms with van der Waals surface area (Å²) in [5.74, 6) is 1.76. The Morgan fingerprint density at radius 2 is 2.18 bits per heavy atom. The molecule has 0 spiro atoms. The van der Waals surface area contributed by atoms with Gasteiger partial charge in [0.25, 0.3) is 0 Å². The maximum atomic E-state index is 3.20. The third-order valence-electron chi connectivity index (χ3n) is 3.28. The van der Waals surface area contributed by atoms with Gasteiger partial charge in [-0.15, -0.1) is 5.73 Å².